The van der Waals surface area contributed by atoms with E-state index < -0.39 is 10.0 Å². The summed E-state index contributed by atoms with van der Waals surface area (Å²) in [7, 11) is -3.44. The molecule has 1 unspecified atom stereocenters. The van der Waals surface area contributed by atoms with E-state index in [1.165, 1.54) is 4.31 Å². The van der Waals surface area contributed by atoms with Crippen molar-refractivity contribution in [2.24, 2.45) is 0 Å². The molecule has 6 heteroatoms. The molecule has 5 nitrogen and oxygen atoms in total. The van der Waals surface area contributed by atoms with Gasteiger partial charge < -0.3 is 5.11 Å². The first-order chi connectivity index (χ1) is 9.06. The summed E-state index contributed by atoms with van der Waals surface area (Å²) in [4.78, 5) is 0. The van der Waals surface area contributed by atoms with Gasteiger partial charge in [-0.2, -0.15) is 9.57 Å². The smallest absolute Gasteiger partial charge is 0.218 e. The van der Waals surface area contributed by atoms with E-state index in [0.717, 1.165) is 6.42 Å². The number of benzene rings is 1. The van der Waals surface area contributed by atoms with Gasteiger partial charge in [-0.1, -0.05) is 12.1 Å². The number of hydrogen-bond donors (Lipinski definition) is 1. The largest absolute Gasteiger partial charge is 0.395 e. The number of nitrogens with zero attached hydrogens (tertiary/aromatic N) is 2. The Hall–Kier alpha value is -1.42. The standard InChI is InChI=1S/C13H16N2O3S/c14-8-11-3-1-4-12(7-11)10-19(17,18)15-6-2-5-13(15)9-16/h1,3-4,7,13,16H,2,5-6,9-10H2. The molecular formula is C13H16N2O3S. The van der Waals surface area contributed by atoms with Gasteiger partial charge in [0.25, 0.3) is 0 Å². The molecule has 1 aromatic carbocycles. The lowest BCUT2D eigenvalue weighted by atomic mass is 10.2. The van der Waals surface area contributed by atoms with E-state index in [9.17, 15) is 13.5 Å². The predicted octanol–water partition coefficient (Wildman–Crippen LogP) is 0.845. The molecule has 2 rings (SSSR count). The first kappa shape index (κ1) is 14.0. The lowest BCUT2D eigenvalue weighted by Crippen LogP contribution is -2.38. The second-order valence-electron chi connectivity index (χ2n) is 4.66. The van der Waals surface area contributed by atoms with E-state index in [0.29, 0.717) is 24.1 Å². The third-order valence-electron chi connectivity index (χ3n) is 3.30. The number of hydrogen-bond acceptors (Lipinski definition) is 4. The van der Waals surface area contributed by atoms with Crippen LogP contribution in [0.15, 0.2) is 24.3 Å². The molecule has 0 radical (unpaired) electrons. The van der Waals surface area contributed by atoms with E-state index in [1.807, 2.05) is 6.07 Å². The average molecular weight is 280 g/mol. The minimum Gasteiger partial charge on any atom is -0.395 e. The number of aliphatic hydroxyl groups is 1. The van der Waals surface area contributed by atoms with Crippen LogP contribution in [0.3, 0.4) is 0 Å². The number of nitriles is 1. The van der Waals surface area contributed by atoms with Crippen LogP contribution in [0.5, 0.6) is 0 Å². The molecule has 1 atom stereocenters. The summed E-state index contributed by atoms with van der Waals surface area (Å²) in [5.41, 5.74) is 1.05. The molecule has 1 heterocycles. The van der Waals surface area contributed by atoms with Crippen molar-refractivity contribution in [1.82, 2.24) is 4.31 Å². The molecule has 19 heavy (non-hydrogen) atoms. The topological polar surface area (TPSA) is 81.4 Å². The van der Waals surface area contributed by atoms with Gasteiger partial charge in [0.05, 0.1) is 24.0 Å². The molecule has 1 aliphatic rings. The molecule has 0 spiro atoms. The Morgan fingerprint density at radius 2 is 2.26 bits per heavy atom. The summed E-state index contributed by atoms with van der Waals surface area (Å²) in [6, 6.07) is 8.29. The highest BCUT2D eigenvalue weighted by atomic mass is 32.2. The summed E-state index contributed by atoms with van der Waals surface area (Å²) in [5.74, 6) is -0.126. The zero-order valence-corrected chi connectivity index (χ0v) is 11.3. The van der Waals surface area contributed by atoms with Crippen molar-refractivity contribution in [3.8, 4) is 6.07 Å². The van der Waals surface area contributed by atoms with E-state index in [1.54, 1.807) is 24.3 Å². The summed E-state index contributed by atoms with van der Waals surface area (Å²) >= 11 is 0. The highest BCUT2D eigenvalue weighted by Gasteiger charge is 2.33. The van der Waals surface area contributed by atoms with Crippen molar-refractivity contribution in [2.45, 2.75) is 24.6 Å². The lowest BCUT2D eigenvalue weighted by Gasteiger charge is -2.22. The molecule has 1 aromatic rings. The maximum atomic E-state index is 12.3. The average Bonchev–Trinajstić information content (AvgIpc) is 2.87. The van der Waals surface area contributed by atoms with Crippen molar-refractivity contribution >= 4 is 10.0 Å². The normalized spacial score (nSPS) is 20.3. The highest BCUT2D eigenvalue weighted by molar-refractivity contribution is 7.88. The Morgan fingerprint density at radius 3 is 2.95 bits per heavy atom. The Kier molecular flexibility index (Phi) is 4.20. The fourth-order valence-corrected chi connectivity index (χ4v) is 4.18. The van der Waals surface area contributed by atoms with Gasteiger partial charge in [0.2, 0.25) is 10.0 Å². The van der Waals surface area contributed by atoms with Gasteiger partial charge in [0.15, 0.2) is 0 Å². The van der Waals surface area contributed by atoms with E-state index in [4.69, 9.17) is 5.26 Å². The molecule has 0 bridgehead atoms. The van der Waals surface area contributed by atoms with Crippen molar-refractivity contribution < 1.29 is 13.5 Å². The molecule has 1 aliphatic heterocycles. The zero-order chi connectivity index (χ0) is 13.9. The van der Waals surface area contributed by atoms with Crippen molar-refractivity contribution in [2.75, 3.05) is 13.2 Å². The summed E-state index contributed by atoms with van der Waals surface area (Å²) in [5, 5.41) is 18.0. The SMILES string of the molecule is N#Cc1cccc(CS(=O)(=O)N2CCCC2CO)c1. The summed E-state index contributed by atoms with van der Waals surface area (Å²) in [6.07, 6.45) is 1.48. The first-order valence-electron chi connectivity index (χ1n) is 6.16. The van der Waals surface area contributed by atoms with Crippen LogP contribution in [-0.4, -0.2) is 37.0 Å². The van der Waals surface area contributed by atoms with Gasteiger partial charge in [-0.25, -0.2) is 8.42 Å². The fourth-order valence-electron chi connectivity index (χ4n) is 2.38. The molecule has 0 aromatic heterocycles. The second kappa shape index (κ2) is 5.70. The number of rotatable bonds is 4. The quantitative estimate of drug-likeness (QED) is 0.886. The van der Waals surface area contributed by atoms with Gasteiger partial charge in [0, 0.05) is 12.6 Å². The van der Waals surface area contributed by atoms with Crippen molar-refractivity contribution in [1.29, 1.82) is 5.26 Å². The fraction of sp³-hybridized carbons (Fsp3) is 0.462. The van der Waals surface area contributed by atoms with Gasteiger partial charge in [-0.3, -0.25) is 0 Å². The first-order valence-corrected chi connectivity index (χ1v) is 7.77. The van der Waals surface area contributed by atoms with E-state index >= 15 is 0 Å². The predicted molar refractivity (Wildman–Crippen MR) is 70.6 cm³/mol. The maximum Gasteiger partial charge on any atom is 0.218 e. The molecule has 102 valence electrons. The van der Waals surface area contributed by atoms with E-state index in [2.05, 4.69) is 0 Å². The van der Waals surface area contributed by atoms with Crippen LogP contribution < -0.4 is 0 Å². The lowest BCUT2D eigenvalue weighted by molar-refractivity contribution is 0.213. The van der Waals surface area contributed by atoms with Crippen molar-refractivity contribution in [3.63, 3.8) is 0 Å². The van der Waals surface area contributed by atoms with Gasteiger partial charge in [0.1, 0.15) is 0 Å². The number of aliphatic hydroxyl groups excluding tert-OH is 1. The molecule has 1 N–H and O–H groups in total. The van der Waals surface area contributed by atoms with E-state index in [-0.39, 0.29) is 18.4 Å². The van der Waals surface area contributed by atoms with Crippen LogP contribution in [-0.2, 0) is 15.8 Å². The minimum atomic E-state index is -3.44. The zero-order valence-electron chi connectivity index (χ0n) is 10.5. The van der Waals surface area contributed by atoms with Crippen LogP contribution >= 0.6 is 0 Å². The molecule has 0 aliphatic carbocycles. The van der Waals surface area contributed by atoms with Gasteiger partial charge in [-0.05, 0) is 30.5 Å². The second-order valence-corrected chi connectivity index (χ2v) is 6.58. The summed E-state index contributed by atoms with van der Waals surface area (Å²) < 4.78 is 26.0. The highest BCUT2D eigenvalue weighted by Crippen LogP contribution is 2.23. The van der Waals surface area contributed by atoms with Gasteiger partial charge >= 0.3 is 0 Å². The maximum absolute atomic E-state index is 12.3. The number of sulfonamides is 1. The Balaban J connectivity index is 2.19. The van der Waals surface area contributed by atoms with Gasteiger partial charge in [-0.15, -0.1) is 0 Å². The van der Waals surface area contributed by atoms with Crippen LogP contribution in [0.25, 0.3) is 0 Å². The Labute approximate surface area is 113 Å². The Bertz CT molecular complexity index is 592. The van der Waals surface area contributed by atoms with Crippen LogP contribution in [0, 0.1) is 11.3 Å². The monoisotopic (exact) mass is 280 g/mol. The third-order valence-corrected chi connectivity index (χ3v) is 5.19. The van der Waals surface area contributed by atoms with Crippen molar-refractivity contribution in [3.05, 3.63) is 35.4 Å². The summed E-state index contributed by atoms with van der Waals surface area (Å²) in [6.45, 7) is 0.322. The van der Waals surface area contributed by atoms with Crippen LogP contribution in [0.4, 0.5) is 0 Å². The van der Waals surface area contributed by atoms with Crippen LogP contribution in [0.2, 0.25) is 0 Å². The third kappa shape index (κ3) is 3.13. The molecule has 1 fully saturated rings. The molecule has 0 saturated carbocycles. The van der Waals surface area contributed by atoms with Crippen LogP contribution in [0.1, 0.15) is 24.0 Å². The Morgan fingerprint density at radius 1 is 1.47 bits per heavy atom. The minimum absolute atomic E-state index is 0.126. The molecule has 1 saturated heterocycles. The molecular weight excluding hydrogens is 264 g/mol. The molecule has 0 amide bonds.